The fourth-order valence-corrected chi connectivity index (χ4v) is 1.41. The second-order valence-electron chi connectivity index (χ2n) is 4.00. The summed E-state index contributed by atoms with van der Waals surface area (Å²) in [6.07, 6.45) is 0.507. The second kappa shape index (κ2) is 5.59. The number of nitrogens with two attached hydrogens (primary N) is 1. The molecule has 1 heterocycles. The highest BCUT2D eigenvalue weighted by molar-refractivity contribution is 5.23. The molecule has 96 valence electrons. The lowest BCUT2D eigenvalue weighted by Gasteiger charge is -2.03. The monoisotopic (exact) mass is 251 g/mol. The Morgan fingerprint density at radius 1 is 1.44 bits per heavy atom. The van der Waals surface area contributed by atoms with Crippen LogP contribution in [0.5, 0.6) is 5.75 Å². The van der Waals surface area contributed by atoms with Gasteiger partial charge in [-0.15, -0.1) is 0 Å². The van der Waals surface area contributed by atoms with Crippen LogP contribution in [0, 0.1) is 5.82 Å². The maximum absolute atomic E-state index is 13.3. The quantitative estimate of drug-likeness (QED) is 0.875. The summed E-state index contributed by atoms with van der Waals surface area (Å²) < 4.78 is 23.5. The van der Waals surface area contributed by atoms with Gasteiger partial charge in [-0.05, 0) is 19.1 Å². The smallest absolute Gasteiger partial charge is 0.228 e. The minimum absolute atomic E-state index is 0.0502. The Bertz CT molecular complexity index is 514. The molecule has 0 radical (unpaired) electrons. The summed E-state index contributed by atoms with van der Waals surface area (Å²) in [4.78, 5) is 4.09. The van der Waals surface area contributed by atoms with Crippen molar-refractivity contribution in [3.8, 4) is 5.75 Å². The number of hydrogen-bond acceptors (Lipinski definition) is 5. The second-order valence-corrected chi connectivity index (χ2v) is 4.00. The Kier molecular flexibility index (Phi) is 3.88. The summed E-state index contributed by atoms with van der Waals surface area (Å²) in [5.41, 5.74) is 5.61. The van der Waals surface area contributed by atoms with E-state index in [-0.39, 0.29) is 18.4 Å². The van der Waals surface area contributed by atoms with Crippen LogP contribution < -0.4 is 10.5 Å². The highest BCUT2D eigenvalue weighted by Gasteiger charge is 2.09. The highest BCUT2D eigenvalue weighted by atomic mass is 19.1. The van der Waals surface area contributed by atoms with E-state index < -0.39 is 5.82 Å². The van der Waals surface area contributed by atoms with Gasteiger partial charge in [-0.1, -0.05) is 17.3 Å². The van der Waals surface area contributed by atoms with Crippen molar-refractivity contribution in [2.45, 2.75) is 26.0 Å². The molecule has 0 fully saturated rings. The van der Waals surface area contributed by atoms with Crippen LogP contribution in [-0.2, 0) is 13.0 Å². The highest BCUT2D eigenvalue weighted by Crippen LogP contribution is 2.16. The van der Waals surface area contributed by atoms with E-state index in [4.69, 9.17) is 15.0 Å². The number of nitrogens with zero attached hydrogens (tertiary/aromatic N) is 2. The Hall–Kier alpha value is -1.95. The van der Waals surface area contributed by atoms with E-state index in [1.807, 2.05) is 6.92 Å². The van der Waals surface area contributed by atoms with Crippen LogP contribution in [0.25, 0.3) is 0 Å². The fourth-order valence-electron chi connectivity index (χ4n) is 1.41. The average molecular weight is 251 g/mol. The van der Waals surface area contributed by atoms with Crippen LogP contribution in [0.3, 0.4) is 0 Å². The van der Waals surface area contributed by atoms with E-state index >= 15 is 0 Å². The molecule has 0 bridgehead atoms. The minimum atomic E-state index is -0.420. The molecular formula is C12H14FN3O2. The van der Waals surface area contributed by atoms with Crippen molar-refractivity contribution in [2.24, 2.45) is 5.73 Å². The largest absolute Gasteiger partial charge is 0.482 e. The molecule has 0 amide bonds. The lowest BCUT2D eigenvalue weighted by atomic mass is 10.2. The van der Waals surface area contributed by atoms with Gasteiger partial charge in [0.1, 0.15) is 0 Å². The lowest BCUT2D eigenvalue weighted by molar-refractivity contribution is 0.272. The Morgan fingerprint density at radius 2 is 2.22 bits per heavy atom. The molecule has 0 spiro atoms. The molecule has 2 N–H and O–H groups in total. The van der Waals surface area contributed by atoms with Crippen molar-refractivity contribution in [3.05, 3.63) is 41.8 Å². The molecule has 18 heavy (non-hydrogen) atoms. The number of benzene rings is 1. The van der Waals surface area contributed by atoms with Crippen LogP contribution in [0.2, 0.25) is 0 Å². The first-order valence-corrected chi connectivity index (χ1v) is 5.59. The van der Waals surface area contributed by atoms with Crippen molar-refractivity contribution in [2.75, 3.05) is 0 Å². The fraction of sp³-hybridized carbons (Fsp3) is 0.333. The number of rotatable bonds is 5. The van der Waals surface area contributed by atoms with Crippen LogP contribution >= 0.6 is 0 Å². The van der Waals surface area contributed by atoms with E-state index in [1.165, 1.54) is 12.1 Å². The molecule has 0 aliphatic carbocycles. The van der Waals surface area contributed by atoms with E-state index in [2.05, 4.69) is 10.1 Å². The summed E-state index contributed by atoms with van der Waals surface area (Å²) in [7, 11) is 0. The molecule has 0 aliphatic heterocycles. The molecule has 1 unspecified atom stereocenters. The van der Waals surface area contributed by atoms with E-state index in [1.54, 1.807) is 12.1 Å². The maximum Gasteiger partial charge on any atom is 0.228 e. The van der Waals surface area contributed by atoms with E-state index in [0.717, 1.165) is 0 Å². The molecule has 6 heteroatoms. The summed E-state index contributed by atoms with van der Waals surface area (Å²) in [6, 6.07) is 6.10. The molecule has 0 saturated heterocycles. The van der Waals surface area contributed by atoms with Gasteiger partial charge in [-0.2, -0.15) is 4.98 Å². The summed E-state index contributed by atoms with van der Waals surface area (Å²) >= 11 is 0. The van der Waals surface area contributed by atoms with Gasteiger partial charge >= 0.3 is 0 Å². The number of aromatic nitrogens is 2. The molecule has 1 atom stereocenters. The van der Waals surface area contributed by atoms with Gasteiger partial charge in [-0.3, -0.25) is 0 Å². The summed E-state index contributed by atoms with van der Waals surface area (Å²) in [5, 5.41) is 3.72. The van der Waals surface area contributed by atoms with Crippen molar-refractivity contribution in [3.63, 3.8) is 0 Å². The van der Waals surface area contributed by atoms with E-state index in [0.29, 0.717) is 18.1 Å². The van der Waals surface area contributed by atoms with Gasteiger partial charge in [0, 0.05) is 12.5 Å². The van der Waals surface area contributed by atoms with Crippen LogP contribution in [0.15, 0.2) is 28.8 Å². The van der Waals surface area contributed by atoms with Crippen LogP contribution in [0.4, 0.5) is 4.39 Å². The number of ether oxygens (including phenoxy) is 1. The molecule has 1 aromatic heterocycles. The third-order valence-electron chi connectivity index (χ3n) is 2.20. The molecular weight excluding hydrogens is 237 g/mol. The van der Waals surface area contributed by atoms with Crippen molar-refractivity contribution >= 4 is 0 Å². The van der Waals surface area contributed by atoms with E-state index in [9.17, 15) is 4.39 Å². The first-order valence-electron chi connectivity index (χ1n) is 5.59. The molecule has 2 aromatic rings. The summed E-state index contributed by atoms with van der Waals surface area (Å²) in [6.45, 7) is 1.91. The molecule has 0 aliphatic rings. The maximum atomic E-state index is 13.3. The normalized spacial score (nSPS) is 12.4. The third-order valence-corrected chi connectivity index (χ3v) is 2.20. The van der Waals surface area contributed by atoms with Gasteiger partial charge in [0.2, 0.25) is 11.7 Å². The van der Waals surface area contributed by atoms with Crippen molar-refractivity contribution in [1.29, 1.82) is 0 Å². The summed E-state index contributed by atoms with van der Waals surface area (Å²) in [5.74, 6) is 0.568. The lowest BCUT2D eigenvalue weighted by Crippen LogP contribution is -2.17. The Morgan fingerprint density at radius 3 is 2.94 bits per heavy atom. The SMILES string of the molecule is CC(N)Cc1nc(COc2ccccc2F)no1. The number of hydrogen-bond donors (Lipinski definition) is 1. The van der Waals surface area contributed by atoms with Gasteiger partial charge in [0.15, 0.2) is 18.2 Å². The van der Waals surface area contributed by atoms with Crippen LogP contribution in [0.1, 0.15) is 18.6 Å². The van der Waals surface area contributed by atoms with Gasteiger partial charge < -0.3 is 15.0 Å². The zero-order chi connectivity index (χ0) is 13.0. The standard InChI is InChI=1S/C12H14FN3O2/c1-8(14)6-12-15-11(16-18-12)7-17-10-5-3-2-4-9(10)13/h2-5,8H,6-7,14H2,1H3. The van der Waals surface area contributed by atoms with Gasteiger partial charge in [-0.25, -0.2) is 4.39 Å². The third kappa shape index (κ3) is 3.27. The Labute approximate surface area is 104 Å². The molecule has 2 rings (SSSR count). The van der Waals surface area contributed by atoms with Crippen molar-refractivity contribution in [1.82, 2.24) is 10.1 Å². The van der Waals surface area contributed by atoms with Crippen molar-refractivity contribution < 1.29 is 13.7 Å². The number of para-hydroxylation sites is 1. The zero-order valence-corrected chi connectivity index (χ0v) is 9.97. The number of halogens is 1. The van der Waals surface area contributed by atoms with Gasteiger partial charge in [0.05, 0.1) is 0 Å². The average Bonchev–Trinajstić information content (AvgIpc) is 2.75. The molecule has 0 saturated carbocycles. The zero-order valence-electron chi connectivity index (χ0n) is 9.97. The van der Waals surface area contributed by atoms with Gasteiger partial charge in [0.25, 0.3) is 0 Å². The molecule has 1 aromatic carbocycles. The molecule has 5 nitrogen and oxygen atoms in total. The minimum Gasteiger partial charge on any atom is -0.482 e. The first-order chi connectivity index (χ1) is 8.65. The topological polar surface area (TPSA) is 74.2 Å². The first kappa shape index (κ1) is 12.5. The predicted molar refractivity (Wildman–Crippen MR) is 62.4 cm³/mol. The Balaban J connectivity index is 1.94. The predicted octanol–water partition coefficient (Wildman–Crippen LogP) is 1.68. The van der Waals surface area contributed by atoms with Crippen LogP contribution in [-0.4, -0.2) is 16.2 Å².